The summed E-state index contributed by atoms with van der Waals surface area (Å²) >= 11 is 0. The van der Waals surface area contributed by atoms with Gasteiger partial charge in [-0.3, -0.25) is 4.98 Å². The molecule has 0 bridgehead atoms. The van der Waals surface area contributed by atoms with Gasteiger partial charge in [0.15, 0.2) is 0 Å². The fraction of sp³-hybridized carbons (Fsp3) is 0.100. The first kappa shape index (κ1) is 18.0. The summed E-state index contributed by atoms with van der Waals surface area (Å²) in [5, 5.41) is 0. The van der Waals surface area contributed by atoms with Crippen LogP contribution in [0.5, 0.6) is 0 Å². The van der Waals surface area contributed by atoms with Gasteiger partial charge >= 0.3 is 6.18 Å². The molecule has 0 saturated carbocycles. The molecule has 2 heterocycles. The van der Waals surface area contributed by atoms with Crippen molar-refractivity contribution in [3.8, 4) is 11.1 Å². The lowest BCUT2D eigenvalue weighted by Gasteiger charge is -2.09. The van der Waals surface area contributed by atoms with Crippen molar-refractivity contribution in [2.75, 3.05) is 5.73 Å². The molecular weight excluding hydrogens is 372 g/mol. The van der Waals surface area contributed by atoms with E-state index < -0.39 is 11.9 Å². The van der Waals surface area contributed by atoms with Crippen LogP contribution in [0.1, 0.15) is 11.3 Å². The van der Waals surface area contributed by atoms with Crippen LogP contribution in [0.3, 0.4) is 0 Å². The van der Waals surface area contributed by atoms with Gasteiger partial charge in [0.25, 0.3) is 0 Å². The molecule has 0 unspecified atom stereocenters. The Labute approximate surface area is 157 Å². The van der Waals surface area contributed by atoms with Gasteiger partial charge in [0.1, 0.15) is 11.5 Å². The summed E-state index contributed by atoms with van der Waals surface area (Å²) in [5.74, 6) is -0.0744. The van der Waals surface area contributed by atoms with Gasteiger partial charge in [0, 0.05) is 6.20 Å². The van der Waals surface area contributed by atoms with Gasteiger partial charge in [-0.15, -0.1) is 0 Å². The number of benzene rings is 2. The van der Waals surface area contributed by atoms with E-state index in [1.165, 1.54) is 24.4 Å². The summed E-state index contributed by atoms with van der Waals surface area (Å²) in [4.78, 5) is 7.81. The third-order valence-electron chi connectivity index (χ3n) is 4.41. The molecule has 0 atom stereocenters. The molecule has 4 rings (SSSR count). The maximum absolute atomic E-state index is 13.1. The first-order valence-corrected chi connectivity index (χ1v) is 8.35. The Hall–Kier alpha value is -3.42. The molecule has 28 heavy (non-hydrogen) atoms. The van der Waals surface area contributed by atoms with Crippen molar-refractivity contribution < 1.29 is 17.6 Å². The minimum Gasteiger partial charge on any atom is -0.369 e. The zero-order chi connectivity index (χ0) is 19.9. The van der Waals surface area contributed by atoms with Crippen LogP contribution in [0, 0.1) is 5.82 Å². The number of anilines is 1. The fourth-order valence-electron chi connectivity index (χ4n) is 3.00. The van der Waals surface area contributed by atoms with E-state index in [0.29, 0.717) is 11.1 Å². The first-order valence-electron chi connectivity index (χ1n) is 8.35. The molecule has 0 aliphatic rings. The van der Waals surface area contributed by atoms with Crippen molar-refractivity contribution in [1.29, 1.82) is 0 Å². The van der Waals surface area contributed by atoms with Crippen LogP contribution >= 0.6 is 0 Å². The number of imidazole rings is 1. The lowest BCUT2D eigenvalue weighted by atomic mass is 10.1. The molecule has 142 valence electrons. The Balaban J connectivity index is 1.66. The van der Waals surface area contributed by atoms with E-state index >= 15 is 0 Å². The van der Waals surface area contributed by atoms with Gasteiger partial charge in [-0.05, 0) is 47.0 Å². The smallest absolute Gasteiger partial charge is 0.369 e. The lowest BCUT2D eigenvalue weighted by molar-refractivity contribution is -0.141. The standard InChI is InChI=1S/C20H14F4N4/c21-15-5-2-13(3-6-15)14-4-7-17-16(9-14)27-19(25)28(17)11-12-1-8-18(26-10-12)20(22,23)24/h1-10H,11H2,(H2,25,27). The average Bonchev–Trinajstić information content (AvgIpc) is 2.97. The van der Waals surface area contributed by atoms with Crippen molar-refractivity contribution in [2.45, 2.75) is 12.7 Å². The number of alkyl halides is 3. The Bertz CT molecular complexity index is 1130. The second-order valence-electron chi connectivity index (χ2n) is 6.32. The van der Waals surface area contributed by atoms with E-state index in [1.807, 2.05) is 18.2 Å². The Morgan fingerprint density at radius 1 is 0.929 bits per heavy atom. The molecule has 0 aliphatic heterocycles. The predicted octanol–water partition coefficient (Wildman–Crippen LogP) is 4.89. The zero-order valence-electron chi connectivity index (χ0n) is 14.4. The number of rotatable bonds is 3. The summed E-state index contributed by atoms with van der Waals surface area (Å²) in [6.45, 7) is 0.239. The first-order chi connectivity index (χ1) is 13.3. The lowest BCUT2D eigenvalue weighted by Crippen LogP contribution is -2.09. The molecule has 2 aromatic carbocycles. The van der Waals surface area contributed by atoms with Gasteiger partial charge in [0.2, 0.25) is 5.95 Å². The summed E-state index contributed by atoms with van der Waals surface area (Å²) in [6, 6.07) is 13.9. The molecule has 2 aromatic heterocycles. The van der Waals surface area contributed by atoms with Crippen LogP contribution in [0.25, 0.3) is 22.2 Å². The molecule has 2 N–H and O–H groups in total. The highest BCUT2D eigenvalue weighted by atomic mass is 19.4. The van der Waals surface area contributed by atoms with Gasteiger partial charge < -0.3 is 10.3 Å². The molecule has 0 amide bonds. The number of hydrogen-bond donors (Lipinski definition) is 1. The average molecular weight is 386 g/mol. The Morgan fingerprint density at radius 3 is 2.29 bits per heavy atom. The minimum atomic E-state index is -4.48. The number of nitrogens with zero attached hydrogens (tertiary/aromatic N) is 3. The zero-order valence-corrected chi connectivity index (χ0v) is 14.4. The topological polar surface area (TPSA) is 56.7 Å². The number of halogens is 4. The molecule has 0 saturated heterocycles. The number of hydrogen-bond acceptors (Lipinski definition) is 3. The number of fused-ring (bicyclic) bond motifs is 1. The molecule has 4 aromatic rings. The van der Waals surface area contributed by atoms with Crippen LogP contribution in [0.4, 0.5) is 23.5 Å². The molecule has 8 heteroatoms. The van der Waals surface area contributed by atoms with Crippen LogP contribution in [0.2, 0.25) is 0 Å². The third-order valence-corrected chi connectivity index (χ3v) is 4.41. The van der Waals surface area contributed by atoms with Gasteiger partial charge in [-0.1, -0.05) is 24.3 Å². The Kier molecular flexibility index (Phi) is 4.26. The van der Waals surface area contributed by atoms with Crippen molar-refractivity contribution in [2.24, 2.45) is 0 Å². The molecule has 4 nitrogen and oxygen atoms in total. The Morgan fingerprint density at radius 2 is 1.64 bits per heavy atom. The van der Waals surface area contributed by atoms with Crippen LogP contribution in [-0.4, -0.2) is 14.5 Å². The summed E-state index contributed by atoms with van der Waals surface area (Å²) in [7, 11) is 0. The highest BCUT2D eigenvalue weighted by molar-refractivity contribution is 5.84. The minimum absolute atomic E-state index is 0.239. The quantitative estimate of drug-likeness (QED) is 0.510. The van der Waals surface area contributed by atoms with Gasteiger partial charge in [-0.2, -0.15) is 13.2 Å². The highest BCUT2D eigenvalue weighted by Gasteiger charge is 2.32. The van der Waals surface area contributed by atoms with Crippen LogP contribution < -0.4 is 5.73 Å². The van der Waals surface area contributed by atoms with E-state index in [2.05, 4.69) is 9.97 Å². The van der Waals surface area contributed by atoms with Gasteiger partial charge in [0.05, 0.1) is 17.6 Å². The second-order valence-corrected chi connectivity index (χ2v) is 6.32. The summed E-state index contributed by atoms with van der Waals surface area (Å²) in [5.41, 5.74) is 8.71. The number of nitrogen functional groups attached to an aromatic ring is 1. The van der Waals surface area contributed by atoms with E-state index in [-0.39, 0.29) is 18.3 Å². The monoisotopic (exact) mass is 386 g/mol. The summed E-state index contributed by atoms with van der Waals surface area (Å²) in [6.07, 6.45) is -3.29. The van der Waals surface area contributed by atoms with Crippen molar-refractivity contribution in [3.63, 3.8) is 0 Å². The van der Waals surface area contributed by atoms with Crippen LogP contribution in [-0.2, 0) is 12.7 Å². The van der Waals surface area contributed by atoms with Crippen LogP contribution in [0.15, 0.2) is 60.8 Å². The maximum atomic E-state index is 13.1. The predicted molar refractivity (Wildman–Crippen MR) is 97.9 cm³/mol. The van der Waals surface area contributed by atoms with Crippen molar-refractivity contribution in [1.82, 2.24) is 14.5 Å². The van der Waals surface area contributed by atoms with E-state index in [1.54, 1.807) is 16.7 Å². The molecular formula is C20H14F4N4. The van der Waals surface area contributed by atoms with Gasteiger partial charge in [-0.25, -0.2) is 9.37 Å². The van der Waals surface area contributed by atoms with E-state index in [9.17, 15) is 17.6 Å². The van der Waals surface area contributed by atoms with Crippen molar-refractivity contribution in [3.05, 3.63) is 77.9 Å². The number of nitrogens with two attached hydrogens (primary N) is 1. The van der Waals surface area contributed by atoms with E-state index in [0.717, 1.165) is 22.7 Å². The normalized spacial score (nSPS) is 11.9. The third kappa shape index (κ3) is 3.40. The molecule has 0 aliphatic carbocycles. The fourth-order valence-corrected chi connectivity index (χ4v) is 3.00. The molecule has 0 radical (unpaired) electrons. The van der Waals surface area contributed by atoms with Crippen molar-refractivity contribution >= 4 is 17.0 Å². The summed E-state index contributed by atoms with van der Waals surface area (Å²) < 4.78 is 52.8. The molecule has 0 spiro atoms. The SMILES string of the molecule is Nc1nc2cc(-c3ccc(F)cc3)ccc2n1Cc1ccc(C(F)(F)F)nc1. The highest BCUT2D eigenvalue weighted by Crippen LogP contribution is 2.29. The molecule has 0 fully saturated rings. The largest absolute Gasteiger partial charge is 0.433 e. The maximum Gasteiger partial charge on any atom is 0.433 e. The second kappa shape index (κ2) is 6.63. The van der Waals surface area contributed by atoms with E-state index in [4.69, 9.17) is 5.73 Å². The number of aromatic nitrogens is 3. The number of pyridine rings is 1.